The molecule has 0 aromatic heterocycles. The zero-order valence-electron chi connectivity index (χ0n) is 6.53. The van der Waals surface area contributed by atoms with E-state index in [1.165, 1.54) is 0 Å². The molecule has 0 bridgehead atoms. The highest BCUT2D eigenvalue weighted by Crippen LogP contribution is 2.29. The lowest BCUT2D eigenvalue weighted by molar-refractivity contribution is -0.0567. The quantitative estimate of drug-likeness (QED) is 0.502. The van der Waals surface area contributed by atoms with Crippen molar-refractivity contribution in [3.63, 3.8) is 0 Å². The van der Waals surface area contributed by atoms with E-state index in [1.807, 2.05) is 0 Å². The van der Waals surface area contributed by atoms with Crippen molar-refractivity contribution in [3.05, 3.63) is 0 Å². The average Bonchev–Trinajstić information content (AvgIpc) is 1.97. The highest BCUT2D eigenvalue weighted by Gasteiger charge is 2.47. The van der Waals surface area contributed by atoms with Gasteiger partial charge in [-0.3, -0.25) is 0 Å². The summed E-state index contributed by atoms with van der Waals surface area (Å²) in [6, 6.07) is 0. The number of rotatable bonds is 0. The Kier molecular flexibility index (Phi) is 1.75. The summed E-state index contributed by atoms with van der Waals surface area (Å²) in [7, 11) is 0. The lowest BCUT2D eigenvalue weighted by Gasteiger charge is -2.23. The molecule has 0 saturated carbocycles. The number of hydrogen-bond donors (Lipinski definition) is 2. The lowest BCUT2D eigenvalue weighted by Crippen LogP contribution is -2.43. The second kappa shape index (κ2) is 2.19. The predicted octanol–water partition coefficient (Wildman–Crippen LogP) is -0.0945. The van der Waals surface area contributed by atoms with Crippen molar-refractivity contribution in [1.29, 1.82) is 0 Å². The van der Waals surface area contributed by atoms with E-state index >= 15 is 0 Å². The first-order valence-corrected chi connectivity index (χ1v) is 3.52. The number of hydrogen-bond acceptors (Lipinski definition) is 3. The minimum absolute atomic E-state index is 0.259. The van der Waals surface area contributed by atoms with Gasteiger partial charge in [-0.1, -0.05) is 0 Å². The SMILES string of the molecule is C[C@@H]1O[C@H](C)[C@](C)(O)[C@H]1O. The summed E-state index contributed by atoms with van der Waals surface area (Å²) in [5, 5.41) is 18.8. The molecule has 1 heterocycles. The summed E-state index contributed by atoms with van der Waals surface area (Å²) >= 11 is 0. The van der Waals surface area contributed by atoms with Crippen molar-refractivity contribution in [2.75, 3.05) is 0 Å². The van der Waals surface area contributed by atoms with Crippen molar-refractivity contribution < 1.29 is 14.9 Å². The van der Waals surface area contributed by atoms with Gasteiger partial charge in [0, 0.05) is 0 Å². The molecule has 0 amide bonds. The Labute approximate surface area is 60.6 Å². The van der Waals surface area contributed by atoms with E-state index in [-0.39, 0.29) is 12.2 Å². The van der Waals surface area contributed by atoms with Gasteiger partial charge in [-0.15, -0.1) is 0 Å². The fourth-order valence-electron chi connectivity index (χ4n) is 1.25. The number of aliphatic hydroxyl groups excluding tert-OH is 1. The first-order valence-electron chi connectivity index (χ1n) is 3.52. The molecular weight excluding hydrogens is 132 g/mol. The van der Waals surface area contributed by atoms with Crippen LogP contribution in [-0.2, 0) is 4.74 Å². The topological polar surface area (TPSA) is 49.7 Å². The van der Waals surface area contributed by atoms with E-state index in [2.05, 4.69) is 0 Å². The maximum Gasteiger partial charge on any atom is 0.116 e. The molecular formula is C7H14O3. The molecule has 60 valence electrons. The Balaban J connectivity index is 2.75. The number of ether oxygens (including phenoxy) is 1. The van der Waals surface area contributed by atoms with Crippen LogP contribution in [0, 0.1) is 0 Å². The van der Waals surface area contributed by atoms with Crippen LogP contribution in [0.2, 0.25) is 0 Å². The molecule has 0 aliphatic carbocycles. The molecule has 1 aliphatic rings. The zero-order valence-corrected chi connectivity index (χ0v) is 6.53. The fourth-order valence-corrected chi connectivity index (χ4v) is 1.25. The van der Waals surface area contributed by atoms with Crippen LogP contribution >= 0.6 is 0 Å². The summed E-state index contributed by atoms with van der Waals surface area (Å²) in [5.74, 6) is 0. The Morgan fingerprint density at radius 2 is 1.90 bits per heavy atom. The third kappa shape index (κ3) is 0.944. The van der Waals surface area contributed by atoms with E-state index in [1.54, 1.807) is 20.8 Å². The Bertz CT molecular complexity index is 133. The largest absolute Gasteiger partial charge is 0.387 e. The summed E-state index contributed by atoms with van der Waals surface area (Å²) in [5.41, 5.74) is -1.08. The van der Waals surface area contributed by atoms with Gasteiger partial charge in [-0.25, -0.2) is 0 Å². The van der Waals surface area contributed by atoms with Gasteiger partial charge >= 0.3 is 0 Å². The van der Waals surface area contributed by atoms with Gasteiger partial charge in [0.25, 0.3) is 0 Å². The Hall–Kier alpha value is -0.120. The molecule has 2 N–H and O–H groups in total. The van der Waals surface area contributed by atoms with Gasteiger partial charge < -0.3 is 14.9 Å². The van der Waals surface area contributed by atoms with Crippen LogP contribution in [0.25, 0.3) is 0 Å². The van der Waals surface area contributed by atoms with Crippen LogP contribution in [0.5, 0.6) is 0 Å². The molecule has 4 atom stereocenters. The minimum atomic E-state index is -1.08. The van der Waals surface area contributed by atoms with Gasteiger partial charge in [-0.05, 0) is 20.8 Å². The van der Waals surface area contributed by atoms with Gasteiger partial charge in [-0.2, -0.15) is 0 Å². The van der Waals surface area contributed by atoms with Crippen molar-refractivity contribution in [1.82, 2.24) is 0 Å². The summed E-state index contributed by atoms with van der Waals surface area (Å²) in [4.78, 5) is 0. The van der Waals surface area contributed by atoms with Crippen LogP contribution in [0.4, 0.5) is 0 Å². The summed E-state index contributed by atoms with van der Waals surface area (Å²) < 4.78 is 5.19. The lowest BCUT2D eigenvalue weighted by atomic mass is 9.94. The third-order valence-electron chi connectivity index (χ3n) is 2.29. The monoisotopic (exact) mass is 146 g/mol. The van der Waals surface area contributed by atoms with Crippen LogP contribution in [-0.4, -0.2) is 34.1 Å². The van der Waals surface area contributed by atoms with Gasteiger partial charge in [0.2, 0.25) is 0 Å². The molecule has 0 radical (unpaired) electrons. The van der Waals surface area contributed by atoms with E-state index in [0.717, 1.165) is 0 Å². The fraction of sp³-hybridized carbons (Fsp3) is 1.00. The zero-order chi connectivity index (χ0) is 7.94. The molecule has 1 aliphatic heterocycles. The van der Waals surface area contributed by atoms with Gasteiger partial charge in [0.05, 0.1) is 12.2 Å². The molecule has 0 unspecified atom stereocenters. The van der Waals surface area contributed by atoms with Crippen LogP contribution in [0.15, 0.2) is 0 Å². The van der Waals surface area contributed by atoms with Crippen molar-refractivity contribution >= 4 is 0 Å². The van der Waals surface area contributed by atoms with Crippen LogP contribution in [0.1, 0.15) is 20.8 Å². The first-order chi connectivity index (χ1) is 4.46. The van der Waals surface area contributed by atoms with Crippen molar-refractivity contribution in [2.45, 2.75) is 44.7 Å². The van der Waals surface area contributed by atoms with Gasteiger partial charge in [0.1, 0.15) is 11.7 Å². The maximum absolute atomic E-state index is 9.53. The smallest absolute Gasteiger partial charge is 0.116 e. The van der Waals surface area contributed by atoms with Crippen LogP contribution in [0.3, 0.4) is 0 Å². The Morgan fingerprint density at radius 3 is 2.00 bits per heavy atom. The number of aliphatic hydroxyl groups is 2. The van der Waals surface area contributed by atoms with Gasteiger partial charge in [0.15, 0.2) is 0 Å². The molecule has 0 aromatic carbocycles. The van der Waals surface area contributed by atoms with E-state index < -0.39 is 11.7 Å². The molecule has 1 saturated heterocycles. The molecule has 0 aromatic rings. The van der Waals surface area contributed by atoms with Crippen molar-refractivity contribution in [2.24, 2.45) is 0 Å². The summed E-state index contributed by atoms with van der Waals surface area (Å²) in [6.45, 7) is 5.10. The molecule has 1 rings (SSSR count). The predicted molar refractivity (Wildman–Crippen MR) is 36.6 cm³/mol. The Morgan fingerprint density at radius 1 is 1.40 bits per heavy atom. The molecule has 0 spiro atoms. The standard InChI is InChI=1S/C7H14O3/c1-4-6(8)7(3,9)5(2)10-4/h4-6,8-9H,1-3H3/t4-,5+,6-,7-/m0/s1. The van der Waals surface area contributed by atoms with E-state index in [9.17, 15) is 10.2 Å². The van der Waals surface area contributed by atoms with Crippen molar-refractivity contribution in [3.8, 4) is 0 Å². The molecule has 3 nitrogen and oxygen atoms in total. The third-order valence-corrected chi connectivity index (χ3v) is 2.29. The second-order valence-electron chi connectivity index (χ2n) is 3.15. The molecule has 10 heavy (non-hydrogen) atoms. The first kappa shape index (κ1) is 7.98. The van der Waals surface area contributed by atoms with E-state index in [0.29, 0.717) is 0 Å². The molecule has 1 fully saturated rings. The molecule has 3 heteroatoms. The maximum atomic E-state index is 9.53. The summed E-state index contributed by atoms with van der Waals surface area (Å²) in [6.07, 6.45) is -1.30. The van der Waals surface area contributed by atoms with Crippen LogP contribution < -0.4 is 0 Å². The normalized spacial score (nSPS) is 55.5. The minimum Gasteiger partial charge on any atom is -0.387 e. The van der Waals surface area contributed by atoms with E-state index in [4.69, 9.17) is 4.74 Å². The average molecular weight is 146 g/mol. The highest BCUT2D eigenvalue weighted by molar-refractivity contribution is 4.96. The second-order valence-corrected chi connectivity index (χ2v) is 3.15. The highest BCUT2D eigenvalue weighted by atomic mass is 16.5.